The maximum atomic E-state index is 14.0. The number of alkyl halides is 2. The highest BCUT2D eigenvalue weighted by Crippen LogP contribution is 2.48. The van der Waals surface area contributed by atoms with E-state index in [4.69, 9.17) is 0 Å². The third kappa shape index (κ3) is 2.69. The van der Waals surface area contributed by atoms with Gasteiger partial charge in [0.15, 0.2) is 0 Å². The van der Waals surface area contributed by atoms with E-state index in [2.05, 4.69) is 0 Å². The van der Waals surface area contributed by atoms with Crippen molar-refractivity contribution in [3.8, 4) is 22.6 Å². The first-order valence-electron chi connectivity index (χ1n) is 8.58. The van der Waals surface area contributed by atoms with Crippen molar-refractivity contribution in [2.24, 2.45) is 0 Å². The van der Waals surface area contributed by atoms with Gasteiger partial charge in [0.2, 0.25) is 5.91 Å². The number of carbonyl (C=O) groups is 1. The molecular formula is C20H21F2NO3. The first-order chi connectivity index (χ1) is 12.2. The summed E-state index contributed by atoms with van der Waals surface area (Å²) in [6.45, 7) is 5.50. The van der Waals surface area contributed by atoms with Gasteiger partial charge in [0, 0.05) is 24.2 Å². The van der Waals surface area contributed by atoms with Gasteiger partial charge >= 0.3 is 0 Å². The fourth-order valence-corrected chi connectivity index (χ4v) is 3.54. The summed E-state index contributed by atoms with van der Waals surface area (Å²) in [5.74, 6) is -4.06. The Balaban J connectivity index is 2.24. The van der Waals surface area contributed by atoms with Crippen molar-refractivity contribution >= 4 is 11.6 Å². The topological polar surface area (TPSA) is 60.8 Å². The van der Waals surface area contributed by atoms with Crippen molar-refractivity contribution in [3.05, 3.63) is 41.0 Å². The molecule has 1 aliphatic heterocycles. The number of nitrogens with zero attached hydrogens (tertiary/aromatic N) is 1. The number of hydrogen-bond acceptors (Lipinski definition) is 3. The molecule has 0 unspecified atom stereocenters. The Morgan fingerprint density at radius 3 is 2.27 bits per heavy atom. The number of carbonyl (C=O) groups excluding carboxylic acids is 1. The van der Waals surface area contributed by atoms with Gasteiger partial charge in [-0.15, -0.1) is 0 Å². The average Bonchev–Trinajstić information content (AvgIpc) is 2.91. The van der Waals surface area contributed by atoms with Crippen molar-refractivity contribution in [1.29, 1.82) is 0 Å². The number of amides is 1. The lowest BCUT2D eigenvalue weighted by molar-refractivity contribution is -0.117. The van der Waals surface area contributed by atoms with Crippen LogP contribution < -0.4 is 4.90 Å². The van der Waals surface area contributed by atoms with Crippen molar-refractivity contribution in [2.45, 2.75) is 39.5 Å². The molecule has 0 aromatic heterocycles. The van der Waals surface area contributed by atoms with Gasteiger partial charge in [-0.25, -0.2) is 8.78 Å². The van der Waals surface area contributed by atoms with E-state index < -0.39 is 29.4 Å². The quantitative estimate of drug-likeness (QED) is 0.844. The number of likely N-dealkylation sites (N-methyl/N-ethyl adjacent to an activating group) is 1. The first-order valence-corrected chi connectivity index (χ1v) is 8.58. The number of phenols is 2. The van der Waals surface area contributed by atoms with Crippen molar-refractivity contribution < 1.29 is 23.8 Å². The van der Waals surface area contributed by atoms with Crippen LogP contribution in [-0.4, -0.2) is 22.7 Å². The number of aryl methyl sites for hydroxylation is 1. The second-order valence-corrected chi connectivity index (χ2v) is 6.52. The van der Waals surface area contributed by atoms with E-state index in [0.29, 0.717) is 17.7 Å². The fraction of sp³-hybridized carbons (Fsp3) is 0.350. The number of aromatic hydroxyl groups is 2. The lowest BCUT2D eigenvalue weighted by Gasteiger charge is -2.20. The molecule has 3 rings (SSSR count). The van der Waals surface area contributed by atoms with Crippen LogP contribution in [0, 0.1) is 6.92 Å². The third-order valence-electron chi connectivity index (χ3n) is 4.95. The van der Waals surface area contributed by atoms with Crippen molar-refractivity contribution in [2.75, 3.05) is 11.4 Å². The Labute approximate surface area is 150 Å². The number of phenolic OH excluding ortho intramolecular Hbond substituents is 2. The SMILES string of the molecule is CCN1C(=O)Cc2c1ccc(C)c2-c1c(O)cc(C(F)(F)CC)cc1O. The molecule has 4 nitrogen and oxygen atoms in total. The second kappa shape index (κ2) is 6.27. The van der Waals surface area contributed by atoms with Gasteiger partial charge in [-0.3, -0.25) is 4.79 Å². The molecule has 0 bridgehead atoms. The zero-order valence-corrected chi connectivity index (χ0v) is 14.9. The summed E-state index contributed by atoms with van der Waals surface area (Å²) in [6.07, 6.45) is -0.295. The highest BCUT2D eigenvalue weighted by atomic mass is 19.3. The summed E-state index contributed by atoms with van der Waals surface area (Å²) in [4.78, 5) is 13.9. The molecule has 2 aromatic carbocycles. The van der Waals surface area contributed by atoms with E-state index in [1.807, 2.05) is 13.0 Å². The van der Waals surface area contributed by atoms with Crippen LogP contribution in [0.5, 0.6) is 11.5 Å². The van der Waals surface area contributed by atoms with Crippen molar-refractivity contribution in [3.63, 3.8) is 0 Å². The minimum Gasteiger partial charge on any atom is -0.507 e. The number of fused-ring (bicyclic) bond motifs is 1. The Bertz CT molecular complexity index is 870. The molecule has 1 heterocycles. The zero-order valence-electron chi connectivity index (χ0n) is 14.9. The highest BCUT2D eigenvalue weighted by Gasteiger charge is 2.34. The van der Waals surface area contributed by atoms with Crippen LogP contribution in [0.15, 0.2) is 24.3 Å². The fourth-order valence-electron chi connectivity index (χ4n) is 3.54. The molecule has 0 fully saturated rings. The van der Waals surface area contributed by atoms with E-state index >= 15 is 0 Å². The molecule has 0 saturated heterocycles. The predicted octanol–water partition coefficient (Wildman–Crippen LogP) is 4.48. The first kappa shape index (κ1) is 18.2. The number of rotatable bonds is 4. The Kier molecular flexibility index (Phi) is 4.38. The molecule has 138 valence electrons. The molecule has 2 N–H and O–H groups in total. The van der Waals surface area contributed by atoms with Gasteiger partial charge in [-0.05, 0) is 48.7 Å². The van der Waals surface area contributed by atoms with Crippen LogP contribution in [0.4, 0.5) is 14.5 Å². The summed E-state index contributed by atoms with van der Waals surface area (Å²) >= 11 is 0. The molecule has 0 atom stereocenters. The molecule has 0 spiro atoms. The van der Waals surface area contributed by atoms with Gasteiger partial charge in [0.1, 0.15) is 11.5 Å². The lowest BCUT2D eigenvalue weighted by Crippen LogP contribution is -2.25. The molecule has 0 radical (unpaired) electrons. The highest BCUT2D eigenvalue weighted by molar-refractivity contribution is 6.05. The smallest absolute Gasteiger partial charge is 0.273 e. The summed E-state index contributed by atoms with van der Waals surface area (Å²) < 4.78 is 27.9. The monoisotopic (exact) mass is 361 g/mol. The lowest BCUT2D eigenvalue weighted by atomic mass is 9.90. The molecule has 6 heteroatoms. The summed E-state index contributed by atoms with van der Waals surface area (Å²) in [5, 5.41) is 20.9. The Morgan fingerprint density at radius 1 is 1.12 bits per heavy atom. The summed E-state index contributed by atoms with van der Waals surface area (Å²) in [6, 6.07) is 5.61. The van der Waals surface area contributed by atoms with E-state index in [1.54, 1.807) is 17.9 Å². The molecule has 1 amide bonds. The van der Waals surface area contributed by atoms with Gasteiger partial charge in [-0.1, -0.05) is 13.0 Å². The Hall–Kier alpha value is -2.63. The van der Waals surface area contributed by atoms with Gasteiger partial charge in [0.05, 0.1) is 12.0 Å². The van der Waals surface area contributed by atoms with Gasteiger partial charge in [0.25, 0.3) is 5.92 Å². The second-order valence-electron chi connectivity index (χ2n) is 6.52. The Morgan fingerprint density at radius 2 is 1.73 bits per heavy atom. The molecule has 2 aromatic rings. The molecule has 0 aliphatic carbocycles. The molecule has 0 saturated carbocycles. The number of halogens is 2. The molecule has 1 aliphatic rings. The molecular weight excluding hydrogens is 340 g/mol. The van der Waals surface area contributed by atoms with E-state index in [-0.39, 0.29) is 17.9 Å². The van der Waals surface area contributed by atoms with E-state index in [9.17, 15) is 23.8 Å². The number of hydrogen-bond donors (Lipinski definition) is 2. The largest absolute Gasteiger partial charge is 0.507 e. The maximum Gasteiger partial charge on any atom is 0.273 e. The number of anilines is 1. The van der Waals surface area contributed by atoms with Gasteiger partial charge < -0.3 is 15.1 Å². The van der Waals surface area contributed by atoms with Crippen molar-refractivity contribution in [1.82, 2.24) is 0 Å². The predicted molar refractivity (Wildman–Crippen MR) is 95.9 cm³/mol. The summed E-state index contributed by atoms with van der Waals surface area (Å²) in [7, 11) is 0. The minimum absolute atomic E-state index is 0.0672. The zero-order chi connectivity index (χ0) is 19.2. The number of benzene rings is 2. The van der Waals surface area contributed by atoms with E-state index in [1.165, 1.54) is 6.92 Å². The standard InChI is InChI=1S/C20H21F2NO3/c1-4-20(21,22)12-8-15(24)19(16(25)9-12)18-11(3)6-7-14-13(18)10-17(26)23(14)5-2/h6-9,24-25H,4-5,10H2,1-3H3. The average molecular weight is 361 g/mol. The maximum absolute atomic E-state index is 14.0. The van der Waals surface area contributed by atoms with Crippen LogP contribution in [0.2, 0.25) is 0 Å². The van der Waals surface area contributed by atoms with Gasteiger partial charge in [-0.2, -0.15) is 0 Å². The van der Waals surface area contributed by atoms with Crippen LogP contribution in [-0.2, 0) is 17.1 Å². The van der Waals surface area contributed by atoms with Crippen LogP contribution in [0.3, 0.4) is 0 Å². The van der Waals surface area contributed by atoms with Crippen LogP contribution in [0.1, 0.15) is 37.0 Å². The van der Waals surface area contributed by atoms with E-state index in [0.717, 1.165) is 23.4 Å². The minimum atomic E-state index is -3.14. The normalized spacial score (nSPS) is 14.0. The molecule has 26 heavy (non-hydrogen) atoms. The summed E-state index contributed by atoms with van der Waals surface area (Å²) in [5.41, 5.74) is 2.33. The third-order valence-corrected chi connectivity index (χ3v) is 4.95. The van der Waals surface area contributed by atoms with Crippen LogP contribution in [0.25, 0.3) is 11.1 Å². The van der Waals surface area contributed by atoms with Crippen LogP contribution >= 0.6 is 0 Å².